The lowest BCUT2D eigenvalue weighted by atomic mass is 9.75. The second-order valence-corrected chi connectivity index (χ2v) is 5.99. The number of carbonyl (C=O) groups excluding carboxylic acids is 1. The van der Waals surface area contributed by atoms with Crippen LogP contribution in [0, 0.1) is 5.41 Å². The first kappa shape index (κ1) is 16.2. The predicted molar refractivity (Wildman–Crippen MR) is 77.0 cm³/mol. The van der Waals surface area contributed by atoms with E-state index in [1.54, 1.807) is 12.1 Å². The maximum atomic E-state index is 12.3. The Balaban J connectivity index is 3.07. The van der Waals surface area contributed by atoms with Crippen LogP contribution >= 0.6 is 0 Å². The number of benzene rings is 1. The average molecular weight is 278 g/mol. The van der Waals surface area contributed by atoms with Gasteiger partial charge in [-0.05, 0) is 32.4 Å². The second kappa shape index (κ2) is 5.65. The van der Waals surface area contributed by atoms with Gasteiger partial charge in [-0.3, -0.25) is 0 Å². The molecule has 20 heavy (non-hydrogen) atoms. The van der Waals surface area contributed by atoms with Crippen LogP contribution in [0.3, 0.4) is 0 Å². The normalized spacial score (nSPS) is 12.1. The number of hydrogen-bond acceptors (Lipinski definition) is 3. The number of ether oxygens (including phenoxy) is 1. The van der Waals surface area contributed by atoms with Crippen molar-refractivity contribution in [2.75, 3.05) is 0 Å². The minimum atomic E-state index is -1.13. The first-order chi connectivity index (χ1) is 9.12. The van der Waals surface area contributed by atoms with E-state index in [2.05, 4.69) is 0 Å². The van der Waals surface area contributed by atoms with Gasteiger partial charge in [-0.15, -0.1) is 0 Å². The van der Waals surface area contributed by atoms with E-state index < -0.39 is 17.5 Å². The van der Waals surface area contributed by atoms with E-state index in [1.165, 1.54) is 12.1 Å². The van der Waals surface area contributed by atoms with E-state index >= 15 is 0 Å². The van der Waals surface area contributed by atoms with Crippen LogP contribution in [0.15, 0.2) is 24.3 Å². The first-order valence-electron chi connectivity index (χ1n) is 6.68. The van der Waals surface area contributed by atoms with E-state index in [4.69, 9.17) is 9.84 Å². The van der Waals surface area contributed by atoms with Gasteiger partial charge in [0.15, 0.2) is 0 Å². The predicted octanol–water partition coefficient (Wildman–Crippen LogP) is 3.76. The number of carboxylic acid groups (broad SMARTS) is 1. The van der Waals surface area contributed by atoms with E-state index in [0.717, 1.165) is 6.42 Å². The average Bonchev–Trinajstić information content (AvgIpc) is 2.37. The zero-order valence-electron chi connectivity index (χ0n) is 12.7. The number of rotatable bonds is 5. The van der Waals surface area contributed by atoms with Gasteiger partial charge in [0.25, 0.3) is 0 Å². The summed E-state index contributed by atoms with van der Waals surface area (Å²) in [6.07, 6.45) is 0.841. The molecule has 1 N–H and O–H groups in total. The summed E-state index contributed by atoms with van der Waals surface area (Å²) in [5, 5.41) is 9.11. The smallest absolute Gasteiger partial charge is 0.339 e. The van der Waals surface area contributed by atoms with Gasteiger partial charge in [0, 0.05) is 5.41 Å². The molecule has 0 aliphatic carbocycles. The van der Waals surface area contributed by atoms with E-state index in [1.807, 2.05) is 34.6 Å². The van der Waals surface area contributed by atoms with Crippen molar-refractivity contribution in [1.82, 2.24) is 0 Å². The van der Waals surface area contributed by atoms with Crippen molar-refractivity contribution in [2.24, 2.45) is 5.41 Å². The highest BCUT2D eigenvalue weighted by molar-refractivity contribution is 6.02. The van der Waals surface area contributed by atoms with Gasteiger partial charge in [0.2, 0.25) is 0 Å². The van der Waals surface area contributed by atoms with E-state index in [9.17, 15) is 9.59 Å². The van der Waals surface area contributed by atoms with Gasteiger partial charge in [-0.25, -0.2) is 9.59 Å². The van der Waals surface area contributed by atoms with Crippen LogP contribution in [0.25, 0.3) is 0 Å². The number of carbonyl (C=O) groups is 2. The minimum Gasteiger partial charge on any atom is -0.478 e. The van der Waals surface area contributed by atoms with Gasteiger partial charge in [-0.1, -0.05) is 32.9 Å². The van der Waals surface area contributed by atoms with Crippen molar-refractivity contribution in [3.05, 3.63) is 35.4 Å². The molecule has 4 nitrogen and oxygen atoms in total. The summed E-state index contributed by atoms with van der Waals surface area (Å²) in [4.78, 5) is 23.4. The van der Waals surface area contributed by atoms with Gasteiger partial charge in [0.1, 0.15) is 5.60 Å². The lowest BCUT2D eigenvalue weighted by Gasteiger charge is -2.40. The summed E-state index contributed by atoms with van der Waals surface area (Å²) >= 11 is 0. The highest BCUT2D eigenvalue weighted by Gasteiger charge is 2.39. The maximum absolute atomic E-state index is 12.3. The molecule has 0 saturated heterocycles. The Morgan fingerprint density at radius 1 is 1.10 bits per heavy atom. The third-order valence-corrected chi connectivity index (χ3v) is 4.24. The molecular formula is C16H22O4. The van der Waals surface area contributed by atoms with E-state index in [0.29, 0.717) is 0 Å². The molecule has 1 aromatic rings. The van der Waals surface area contributed by atoms with Gasteiger partial charge < -0.3 is 9.84 Å². The fourth-order valence-electron chi connectivity index (χ4n) is 1.70. The topological polar surface area (TPSA) is 63.6 Å². The molecule has 0 aliphatic rings. The lowest BCUT2D eigenvalue weighted by molar-refractivity contribution is -0.0636. The molecule has 0 amide bonds. The van der Waals surface area contributed by atoms with Crippen molar-refractivity contribution < 1.29 is 19.4 Å². The molecule has 0 saturated carbocycles. The Morgan fingerprint density at radius 3 is 2.05 bits per heavy atom. The molecule has 0 heterocycles. The quantitative estimate of drug-likeness (QED) is 0.833. The summed E-state index contributed by atoms with van der Waals surface area (Å²) in [7, 11) is 0. The standard InChI is InChI=1S/C16H22O4/c1-6-15(2,3)16(4,5)20-14(19)12-10-8-7-9-11(12)13(17)18/h7-10H,6H2,1-5H3,(H,17,18). The molecule has 0 radical (unpaired) electrons. The van der Waals surface area contributed by atoms with Crippen LogP contribution in [-0.2, 0) is 4.74 Å². The summed E-state index contributed by atoms with van der Waals surface area (Å²) in [5.41, 5.74) is -0.853. The van der Waals surface area contributed by atoms with Crippen LogP contribution in [0.2, 0.25) is 0 Å². The van der Waals surface area contributed by atoms with Crippen molar-refractivity contribution in [2.45, 2.75) is 46.6 Å². The summed E-state index contributed by atoms with van der Waals surface area (Å²) in [6, 6.07) is 6.08. The van der Waals surface area contributed by atoms with Gasteiger partial charge >= 0.3 is 11.9 Å². The number of carboxylic acids is 1. The lowest BCUT2D eigenvalue weighted by Crippen LogP contribution is -2.43. The Bertz CT molecular complexity index is 515. The molecule has 0 unspecified atom stereocenters. The number of aromatic carboxylic acids is 1. The monoisotopic (exact) mass is 278 g/mol. The maximum Gasteiger partial charge on any atom is 0.339 e. The molecule has 0 fully saturated rings. The largest absolute Gasteiger partial charge is 0.478 e. The number of hydrogen-bond donors (Lipinski definition) is 1. The number of esters is 1. The third kappa shape index (κ3) is 3.18. The van der Waals surface area contributed by atoms with Crippen molar-refractivity contribution in [3.8, 4) is 0 Å². The van der Waals surface area contributed by atoms with Gasteiger partial charge in [-0.2, -0.15) is 0 Å². The molecule has 0 atom stereocenters. The summed E-state index contributed by atoms with van der Waals surface area (Å²) in [6.45, 7) is 9.75. The molecule has 0 aliphatic heterocycles. The molecule has 0 bridgehead atoms. The Morgan fingerprint density at radius 2 is 1.60 bits per heavy atom. The van der Waals surface area contributed by atoms with Crippen LogP contribution < -0.4 is 0 Å². The fraction of sp³-hybridized carbons (Fsp3) is 0.500. The first-order valence-corrected chi connectivity index (χ1v) is 6.68. The van der Waals surface area contributed by atoms with Crippen LogP contribution in [-0.4, -0.2) is 22.6 Å². The third-order valence-electron chi connectivity index (χ3n) is 4.24. The molecule has 1 aromatic carbocycles. The fourth-order valence-corrected chi connectivity index (χ4v) is 1.70. The SMILES string of the molecule is CCC(C)(C)C(C)(C)OC(=O)c1ccccc1C(=O)O. The molecule has 1 rings (SSSR count). The van der Waals surface area contributed by atoms with Crippen LogP contribution in [0.4, 0.5) is 0 Å². The summed E-state index contributed by atoms with van der Waals surface area (Å²) in [5.74, 6) is -1.74. The van der Waals surface area contributed by atoms with Gasteiger partial charge in [0.05, 0.1) is 11.1 Å². The Hall–Kier alpha value is -1.84. The van der Waals surface area contributed by atoms with Crippen molar-refractivity contribution >= 4 is 11.9 Å². The van der Waals surface area contributed by atoms with E-state index in [-0.39, 0.29) is 16.5 Å². The highest BCUT2D eigenvalue weighted by Crippen LogP contribution is 2.37. The molecule has 0 aromatic heterocycles. The van der Waals surface area contributed by atoms with Crippen molar-refractivity contribution in [1.29, 1.82) is 0 Å². The Labute approximate surface area is 119 Å². The van der Waals surface area contributed by atoms with Crippen molar-refractivity contribution in [3.63, 3.8) is 0 Å². The van der Waals surface area contributed by atoms with Crippen LogP contribution in [0.1, 0.15) is 61.8 Å². The molecular weight excluding hydrogens is 256 g/mol. The second-order valence-electron chi connectivity index (χ2n) is 5.99. The molecule has 4 heteroatoms. The molecule has 0 spiro atoms. The van der Waals surface area contributed by atoms with Crippen LogP contribution in [0.5, 0.6) is 0 Å². The highest BCUT2D eigenvalue weighted by atomic mass is 16.6. The zero-order chi connectivity index (χ0) is 15.6. The Kier molecular flexibility index (Phi) is 4.58. The minimum absolute atomic E-state index is 0.0393. The molecule has 110 valence electrons. The zero-order valence-corrected chi connectivity index (χ0v) is 12.7. The summed E-state index contributed by atoms with van der Waals surface area (Å²) < 4.78 is 5.57.